The molecular weight excluding hydrogens is 294 g/mol. The molecule has 0 aliphatic heterocycles. The third-order valence-electron chi connectivity index (χ3n) is 3.83. The molecule has 1 nitrogen and oxygen atoms in total. The van der Waals surface area contributed by atoms with Gasteiger partial charge in [-0.25, -0.2) is 0 Å². The van der Waals surface area contributed by atoms with Crippen LogP contribution in [0.1, 0.15) is 35.4 Å². The summed E-state index contributed by atoms with van der Waals surface area (Å²) in [6, 6.07) is 13.8. The number of aryl methyl sites for hydroxylation is 1. The first kappa shape index (κ1) is 14.8. The highest BCUT2D eigenvalue weighted by Gasteiger charge is 2.16. The molecule has 3 aromatic rings. The number of nitrogens with one attached hydrogen (secondary N) is 1. The molecule has 0 amide bonds. The molecule has 0 bridgehead atoms. The fourth-order valence-corrected chi connectivity index (χ4v) is 4.80. The summed E-state index contributed by atoms with van der Waals surface area (Å²) in [5, 5.41) is 5.91. The molecule has 1 aromatic carbocycles. The van der Waals surface area contributed by atoms with E-state index in [-0.39, 0.29) is 0 Å². The van der Waals surface area contributed by atoms with Gasteiger partial charge in [-0.1, -0.05) is 31.2 Å². The maximum absolute atomic E-state index is 3.73. The normalized spacial score (nSPS) is 12.9. The van der Waals surface area contributed by atoms with Gasteiger partial charge in [0.2, 0.25) is 0 Å². The Hall–Kier alpha value is -1.16. The van der Waals surface area contributed by atoms with E-state index in [0.29, 0.717) is 6.04 Å². The lowest BCUT2D eigenvalue weighted by molar-refractivity contribution is 0.536. The summed E-state index contributed by atoms with van der Waals surface area (Å²) in [6.07, 6.45) is 2.24. The van der Waals surface area contributed by atoms with Gasteiger partial charge in [0.1, 0.15) is 0 Å². The summed E-state index contributed by atoms with van der Waals surface area (Å²) < 4.78 is 2.84. The van der Waals surface area contributed by atoms with Crippen molar-refractivity contribution in [2.45, 2.75) is 32.7 Å². The Kier molecular flexibility index (Phi) is 4.73. The van der Waals surface area contributed by atoms with E-state index in [1.807, 2.05) is 22.7 Å². The summed E-state index contributed by atoms with van der Waals surface area (Å²) in [4.78, 5) is 1.47. The van der Waals surface area contributed by atoms with Gasteiger partial charge in [0.15, 0.2) is 0 Å². The zero-order valence-corrected chi connectivity index (χ0v) is 14.2. The Bertz CT molecular complexity index is 682. The fourth-order valence-electron chi connectivity index (χ4n) is 2.61. The highest BCUT2D eigenvalue weighted by molar-refractivity contribution is 7.26. The van der Waals surface area contributed by atoms with E-state index in [1.54, 1.807) is 0 Å². The zero-order valence-electron chi connectivity index (χ0n) is 12.6. The minimum Gasteiger partial charge on any atom is -0.309 e. The Labute approximate surface area is 134 Å². The molecule has 0 aliphatic carbocycles. The Morgan fingerprint density at radius 2 is 2.00 bits per heavy atom. The van der Waals surface area contributed by atoms with Crippen LogP contribution in [0.2, 0.25) is 0 Å². The minimum absolute atomic E-state index is 0.427. The van der Waals surface area contributed by atoms with Crippen LogP contribution in [-0.2, 0) is 6.42 Å². The van der Waals surface area contributed by atoms with Crippen LogP contribution in [0.3, 0.4) is 0 Å². The van der Waals surface area contributed by atoms with Gasteiger partial charge in [0.05, 0.1) is 0 Å². The van der Waals surface area contributed by atoms with Crippen molar-refractivity contribution in [3.63, 3.8) is 0 Å². The van der Waals surface area contributed by atoms with Gasteiger partial charge in [-0.15, -0.1) is 22.7 Å². The molecule has 1 atom stereocenters. The lowest BCUT2D eigenvalue weighted by Gasteiger charge is -2.18. The van der Waals surface area contributed by atoms with Crippen molar-refractivity contribution in [3.05, 3.63) is 57.8 Å². The maximum Gasteiger partial charge on any atom is 0.0456 e. The molecule has 3 heteroatoms. The van der Waals surface area contributed by atoms with Crippen LogP contribution in [0.4, 0.5) is 0 Å². The lowest BCUT2D eigenvalue weighted by atomic mass is 10.00. The molecule has 0 radical (unpaired) electrons. The van der Waals surface area contributed by atoms with Crippen LogP contribution < -0.4 is 5.32 Å². The van der Waals surface area contributed by atoms with Crippen molar-refractivity contribution in [1.29, 1.82) is 0 Å². The van der Waals surface area contributed by atoms with Crippen LogP contribution in [0, 0.1) is 6.92 Å². The second-order valence-corrected chi connectivity index (χ2v) is 7.50. The van der Waals surface area contributed by atoms with Gasteiger partial charge >= 0.3 is 0 Å². The third-order valence-corrected chi connectivity index (χ3v) is 6.03. The largest absolute Gasteiger partial charge is 0.309 e. The van der Waals surface area contributed by atoms with Crippen molar-refractivity contribution >= 4 is 32.1 Å². The van der Waals surface area contributed by atoms with E-state index in [4.69, 9.17) is 0 Å². The summed E-state index contributed by atoms with van der Waals surface area (Å²) in [7, 11) is 0. The fraction of sp³-hybridized carbons (Fsp3) is 0.333. The molecular formula is C18H21NS2. The third kappa shape index (κ3) is 3.37. The van der Waals surface area contributed by atoms with Crippen molar-refractivity contribution < 1.29 is 0 Å². The van der Waals surface area contributed by atoms with E-state index in [1.165, 1.54) is 31.8 Å². The van der Waals surface area contributed by atoms with E-state index < -0.39 is 0 Å². The second kappa shape index (κ2) is 6.73. The maximum atomic E-state index is 3.73. The predicted molar refractivity (Wildman–Crippen MR) is 95.6 cm³/mol. The quantitative estimate of drug-likeness (QED) is 0.628. The highest BCUT2D eigenvalue weighted by Crippen LogP contribution is 2.34. The van der Waals surface area contributed by atoms with E-state index >= 15 is 0 Å². The molecule has 110 valence electrons. The first-order valence-corrected chi connectivity index (χ1v) is 9.22. The molecule has 0 spiro atoms. The van der Waals surface area contributed by atoms with Crippen LogP contribution in [0.15, 0.2) is 41.8 Å². The smallest absolute Gasteiger partial charge is 0.0456 e. The lowest BCUT2D eigenvalue weighted by Crippen LogP contribution is -2.23. The Morgan fingerprint density at radius 1 is 1.14 bits per heavy atom. The molecule has 1 unspecified atom stereocenters. The molecule has 2 aromatic heterocycles. The van der Waals surface area contributed by atoms with Crippen molar-refractivity contribution in [1.82, 2.24) is 5.32 Å². The monoisotopic (exact) mass is 315 g/mol. The number of benzene rings is 1. The molecule has 0 aliphatic rings. The zero-order chi connectivity index (χ0) is 14.7. The number of rotatable bonds is 6. The standard InChI is InChI=1S/C18H21NS2/c1-3-9-19-15(11-14-7-5-4-6-13(14)2)17-12-18-16(21-17)8-10-20-18/h4-8,10,12,15,19H,3,9,11H2,1-2H3. The van der Waals surface area contributed by atoms with Gasteiger partial charge in [-0.3, -0.25) is 0 Å². The van der Waals surface area contributed by atoms with Gasteiger partial charge in [-0.2, -0.15) is 0 Å². The van der Waals surface area contributed by atoms with Crippen LogP contribution in [-0.4, -0.2) is 6.54 Å². The average Bonchev–Trinajstić information content (AvgIpc) is 3.06. The van der Waals surface area contributed by atoms with E-state index in [2.05, 4.69) is 60.9 Å². The van der Waals surface area contributed by atoms with Crippen LogP contribution in [0.5, 0.6) is 0 Å². The molecule has 21 heavy (non-hydrogen) atoms. The van der Waals surface area contributed by atoms with Gasteiger partial charge in [0, 0.05) is 20.3 Å². The van der Waals surface area contributed by atoms with Gasteiger partial charge in [0.25, 0.3) is 0 Å². The summed E-state index contributed by atoms with van der Waals surface area (Å²) >= 11 is 3.78. The van der Waals surface area contributed by atoms with E-state index in [9.17, 15) is 0 Å². The topological polar surface area (TPSA) is 12.0 Å². The molecule has 3 rings (SSSR count). The average molecular weight is 316 g/mol. The molecule has 0 saturated carbocycles. The van der Waals surface area contributed by atoms with E-state index in [0.717, 1.165) is 13.0 Å². The predicted octanol–water partition coefficient (Wildman–Crippen LogP) is 5.55. The van der Waals surface area contributed by atoms with Gasteiger partial charge in [-0.05, 0) is 54.9 Å². The van der Waals surface area contributed by atoms with Crippen LogP contribution in [0.25, 0.3) is 9.40 Å². The first-order valence-electron chi connectivity index (χ1n) is 7.52. The second-order valence-electron chi connectivity index (χ2n) is 5.44. The minimum atomic E-state index is 0.427. The first-order chi connectivity index (χ1) is 10.3. The SMILES string of the molecule is CCCNC(Cc1ccccc1C)c1cc2sccc2s1. The highest BCUT2D eigenvalue weighted by atomic mass is 32.1. The molecule has 0 fully saturated rings. The summed E-state index contributed by atoms with van der Waals surface area (Å²) in [5.74, 6) is 0. The molecule has 0 saturated heterocycles. The van der Waals surface area contributed by atoms with Crippen LogP contribution >= 0.6 is 22.7 Å². The number of fused-ring (bicyclic) bond motifs is 1. The summed E-state index contributed by atoms with van der Waals surface area (Å²) in [5.41, 5.74) is 2.84. The number of thiophene rings is 2. The van der Waals surface area contributed by atoms with Crippen molar-refractivity contribution in [3.8, 4) is 0 Å². The number of hydrogen-bond donors (Lipinski definition) is 1. The Balaban J connectivity index is 1.86. The van der Waals surface area contributed by atoms with Crippen molar-refractivity contribution in [2.75, 3.05) is 6.54 Å². The summed E-state index contributed by atoms with van der Waals surface area (Å²) in [6.45, 7) is 5.51. The molecule has 1 N–H and O–H groups in total. The van der Waals surface area contributed by atoms with Crippen molar-refractivity contribution in [2.24, 2.45) is 0 Å². The Morgan fingerprint density at radius 3 is 2.76 bits per heavy atom. The number of hydrogen-bond acceptors (Lipinski definition) is 3. The molecule has 2 heterocycles. The van der Waals surface area contributed by atoms with Gasteiger partial charge < -0.3 is 5.32 Å².